The van der Waals surface area contributed by atoms with Gasteiger partial charge < -0.3 is 14.6 Å². The molecule has 2 atom stereocenters. The van der Waals surface area contributed by atoms with E-state index in [4.69, 9.17) is 5.11 Å². The maximum atomic E-state index is 13.1. The first-order chi connectivity index (χ1) is 15.0. The first kappa shape index (κ1) is 29.8. The molecular weight excluding hydrogens is 432 g/mol. The van der Waals surface area contributed by atoms with E-state index >= 15 is 0 Å². The van der Waals surface area contributed by atoms with E-state index < -0.39 is 42.9 Å². The lowest BCUT2D eigenvalue weighted by atomic mass is 9.85. The van der Waals surface area contributed by atoms with Crippen molar-refractivity contribution in [3.05, 3.63) is 35.4 Å². The van der Waals surface area contributed by atoms with Gasteiger partial charge in [-0.1, -0.05) is 53.7 Å². The number of aliphatic hydroxyl groups is 1. The van der Waals surface area contributed by atoms with Crippen molar-refractivity contribution in [3.63, 3.8) is 0 Å². The Morgan fingerprint density at radius 1 is 1.06 bits per heavy atom. The molecule has 2 unspecified atom stereocenters. The Kier molecular flexibility index (Phi) is 12.5. The van der Waals surface area contributed by atoms with Gasteiger partial charge in [0.25, 0.3) is 0 Å². The Morgan fingerprint density at radius 3 is 2.00 bits per heavy atom. The molecule has 0 spiro atoms. The first-order valence-electron chi connectivity index (χ1n) is 10.8. The number of esters is 2. The number of hydrogen-bond acceptors (Lipinski definition) is 5. The van der Waals surface area contributed by atoms with Gasteiger partial charge in [0.2, 0.25) is 0 Å². The summed E-state index contributed by atoms with van der Waals surface area (Å²) in [7, 11) is 0. The van der Waals surface area contributed by atoms with Crippen molar-refractivity contribution in [2.75, 3.05) is 13.2 Å². The lowest BCUT2D eigenvalue weighted by molar-refractivity contribution is -0.333. The molecule has 1 fully saturated rings. The van der Waals surface area contributed by atoms with Gasteiger partial charge in [-0.25, -0.2) is 9.59 Å². The van der Waals surface area contributed by atoms with Gasteiger partial charge in [0.1, 0.15) is 0 Å². The van der Waals surface area contributed by atoms with E-state index in [1.807, 2.05) is 41.5 Å². The molecule has 1 aliphatic rings. The quantitative estimate of drug-likeness (QED) is 0.399. The molecule has 1 N–H and O–H groups in total. The van der Waals surface area contributed by atoms with Crippen LogP contribution in [0.5, 0.6) is 0 Å². The van der Waals surface area contributed by atoms with Crippen LogP contribution in [0.1, 0.15) is 76.2 Å². The van der Waals surface area contributed by atoms with Crippen molar-refractivity contribution in [1.29, 1.82) is 0 Å². The zero-order valence-electron chi connectivity index (χ0n) is 19.5. The highest BCUT2D eigenvalue weighted by molar-refractivity contribution is 5.90. The lowest BCUT2D eigenvalue weighted by Crippen LogP contribution is -2.63. The zero-order chi connectivity index (χ0) is 25.1. The molecule has 1 saturated carbocycles. The number of carbonyl (C=O) groups excluding carboxylic acids is 2. The first-order valence-corrected chi connectivity index (χ1v) is 10.8. The van der Waals surface area contributed by atoms with Crippen molar-refractivity contribution in [3.8, 4) is 0 Å². The van der Waals surface area contributed by atoms with Crippen LogP contribution >= 0.6 is 0 Å². The molecule has 0 saturated heterocycles. The van der Waals surface area contributed by atoms with Gasteiger partial charge in [-0.3, -0.25) is 0 Å². The minimum Gasteiger partial charge on any atom is -0.453 e. The molecule has 1 aromatic rings. The lowest BCUT2D eigenvalue weighted by Gasteiger charge is -2.42. The highest BCUT2D eigenvalue weighted by atomic mass is 19.3. The van der Waals surface area contributed by atoms with Crippen LogP contribution in [-0.4, -0.2) is 48.2 Å². The Hall–Kier alpha value is -2.16. The number of alkyl halides is 4. The number of ether oxygens (including phenoxy) is 2. The highest BCUT2D eigenvalue weighted by Crippen LogP contribution is 2.52. The van der Waals surface area contributed by atoms with Gasteiger partial charge in [0, 0.05) is 6.61 Å². The number of carbonyl (C=O) groups is 2. The smallest absolute Gasteiger partial charge is 0.346 e. The second-order valence-corrected chi connectivity index (χ2v) is 7.07. The number of hydrogen-bond donors (Lipinski definition) is 1. The van der Waals surface area contributed by atoms with Crippen LogP contribution in [0.3, 0.4) is 0 Å². The normalized spacial score (nSPS) is 18.7. The number of rotatable bonds is 8. The summed E-state index contributed by atoms with van der Waals surface area (Å²) in [6.07, 6.45) is -2.93. The minimum atomic E-state index is -4.43. The molecule has 2 rings (SSSR count). The Labute approximate surface area is 187 Å². The van der Waals surface area contributed by atoms with Gasteiger partial charge in [-0.2, -0.15) is 17.6 Å². The van der Waals surface area contributed by atoms with Crippen molar-refractivity contribution >= 4 is 11.9 Å². The molecule has 184 valence electrons. The second-order valence-electron chi connectivity index (χ2n) is 7.07. The van der Waals surface area contributed by atoms with Gasteiger partial charge >= 0.3 is 23.8 Å². The van der Waals surface area contributed by atoms with Crippen LogP contribution in [0, 0.1) is 5.92 Å². The van der Waals surface area contributed by atoms with E-state index in [2.05, 4.69) is 9.47 Å². The van der Waals surface area contributed by atoms with E-state index in [0.717, 1.165) is 5.56 Å². The predicted octanol–water partition coefficient (Wildman–Crippen LogP) is 5.60. The van der Waals surface area contributed by atoms with Gasteiger partial charge in [-0.05, 0) is 36.0 Å². The molecule has 32 heavy (non-hydrogen) atoms. The topological polar surface area (TPSA) is 72.8 Å². The summed E-state index contributed by atoms with van der Waals surface area (Å²) in [4.78, 5) is 23.4. The molecule has 0 radical (unpaired) electrons. The molecular formula is C23H34F4O5. The van der Waals surface area contributed by atoms with Crippen molar-refractivity contribution in [2.45, 2.75) is 78.3 Å². The van der Waals surface area contributed by atoms with Crippen LogP contribution in [-0.2, 0) is 14.3 Å². The average Bonchev–Trinajstić information content (AvgIpc) is 2.78. The highest BCUT2D eigenvalue weighted by Gasteiger charge is 2.74. The summed E-state index contributed by atoms with van der Waals surface area (Å²) in [5.74, 6) is -10.5. The summed E-state index contributed by atoms with van der Waals surface area (Å²) in [6, 6.07) is 6.37. The van der Waals surface area contributed by atoms with Crippen molar-refractivity contribution in [2.24, 2.45) is 5.92 Å². The van der Waals surface area contributed by atoms with Crippen LogP contribution < -0.4 is 0 Å². The van der Waals surface area contributed by atoms with Gasteiger partial charge in [0.15, 0.2) is 12.7 Å². The van der Waals surface area contributed by atoms with Crippen LogP contribution in [0.15, 0.2) is 24.3 Å². The van der Waals surface area contributed by atoms with Crippen molar-refractivity contribution < 1.29 is 41.7 Å². The third-order valence-corrected chi connectivity index (χ3v) is 4.75. The summed E-state index contributed by atoms with van der Waals surface area (Å²) >= 11 is 0. The van der Waals surface area contributed by atoms with E-state index in [0.29, 0.717) is 6.42 Å². The molecule has 0 aliphatic heterocycles. The van der Waals surface area contributed by atoms with Gasteiger partial charge in [0.05, 0.1) is 12.0 Å². The standard InChI is InChI=1S/C19H22F4O5.2C2H6/c1-11(2)14(7-8-24)12-3-5-13(6-4-12)17(26)27-10-16(25)28-15-9-18(20,21)19(15,22)23;2*1-2/h3-6,11,14-15,24H,7-10H2,1-2H3;2*1-2H3. The Bertz CT molecular complexity index is 705. The molecule has 0 bridgehead atoms. The predicted molar refractivity (Wildman–Crippen MR) is 113 cm³/mol. The minimum absolute atomic E-state index is 0.0285. The van der Waals surface area contributed by atoms with Crippen molar-refractivity contribution in [1.82, 2.24) is 0 Å². The SMILES string of the molecule is CC.CC.CC(C)C(CCO)c1ccc(C(=O)OCC(=O)OC2CC(F)(F)C2(F)F)cc1. The zero-order valence-corrected chi connectivity index (χ0v) is 19.5. The van der Waals surface area contributed by atoms with E-state index in [-0.39, 0.29) is 24.0 Å². The fraction of sp³-hybridized carbons (Fsp3) is 0.652. The molecule has 9 heteroatoms. The number of halogens is 4. The summed E-state index contributed by atoms with van der Waals surface area (Å²) in [5.41, 5.74) is 1.05. The molecule has 0 aromatic heterocycles. The fourth-order valence-corrected chi connectivity index (χ4v) is 3.01. The summed E-state index contributed by atoms with van der Waals surface area (Å²) in [5, 5.41) is 9.15. The number of aliphatic hydroxyl groups excluding tert-OH is 1. The second kappa shape index (κ2) is 13.4. The third kappa shape index (κ3) is 7.46. The molecule has 0 heterocycles. The van der Waals surface area contributed by atoms with Crippen LogP contribution in [0.4, 0.5) is 17.6 Å². The monoisotopic (exact) mass is 466 g/mol. The fourth-order valence-electron chi connectivity index (χ4n) is 3.01. The molecule has 1 aromatic carbocycles. The average molecular weight is 467 g/mol. The maximum absolute atomic E-state index is 13.1. The number of benzene rings is 1. The molecule has 0 amide bonds. The largest absolute Gasteiger partial charge is 0.453 e. The van der Waals surface area contributed by atoms with E-state index in [1.165, 1.54) is 12.1 Å². The third-order valence-electron chi connectivity index (χ3n) is 4.75. The summed E-state index contributed by atoms with van der Waals surface area (Å²) in [6.45, 7) is 11.1. The van der Waals surface area contributed by atoms with Crippen LogP contribution in [0.2, 0.25) is 0 Å². The maximum Gasteiger partial charge on any atom is 0.346 e. The molecule has 1 aliphatic carbocycles. The van der Waals surface area contributed by atoms with Gasteiger partial charge in [-0.15, -0.1) is 0 Å². The Balaban J connectivity index is 0.00000227. The Morgan fingerprint density at radius 2 is 1.59 bits per heavy atom. The summed E-state index contributed by atoms with van der Waals surface area (Å²) < 4.78 is 60.5. The van der Waals surface area contributed by atoms with E-state index in [1.54, 1.807) is 12.1 Å². The molecule has 5 nitrogen and oxygen atoms in total. The van der Waals surface area contributed by atoms with Crippen LogP contribution in [0.25, 0.3) is 0 Å². The van der Waals surface area contributed by atoms with E-state index in [9.17, 15) is 27.2 Å².